The van der Waals surface area contributed by atoms with Gasteiger partial charge in [-0.25, -0.2) is 9.48 Å². The summed E-state index contributed by atoms with van der Waals surface area (Å²) in [6, 6.07) is 4.31. The minimum atomic E-state index is -0.0213. The molecule has 1 atom stereocenters. The number of amides is 2. The second-order valence-electron chi connectivity index (χ2n) is 7.04. The Balaban J connectivity index is 1.66. The maximum Gasteiger partial charge on any atom is 0.323 e. The van der Waals surface area contributed by atoms with E-state index in [1.165, 1.54) is 6.42 Å². The number of nitrogens with zero attached hydrogens (tertiary/aromatic N) is 5. The standard InChI is InChI=1S/C18H28N6O/c1-14(2)24-17(13-15(3)21-24)20-18(25)23-11-5-4-7-16(23)8-12-22-10-6-9-19-22/h6,9-10,13-14,16H,4-5,7-8,11-12H2,1-3H3,(H,20,25). The number of aryl methyl sites for hydroxylation is 2. The Morgan fingerprint density at radius 2 is 2.24 bits per heavy atom. The van der Waals surface area contributed by atoms with E-state index in [1.54, 1.807) is 6.20 Å². The van der Waals surface area contributed by atoms with Crippen LogP contribution in [0.2, 0.25) is 0 Å². The Labute approximate surface area is 149 Å². The van der Waals surface area contributed by atoms with E-state index in [1.807, 2.05) is 39.5 Å². The van der Waals surface area contributed by atoms with Crippen LogP contribution in [0.3, 0.4) is 0 Å². The van der Waals surface area contributed by atoms with E-state index in [2.05, 4.69) is 29.4 Å². The van der Waals surface area contributed by atoms with Crippen LogP contribution < -0.4 is 5.32 Å². The van der Waals surface area contributed by atoms with Crippen molar-refractivity contribution in [3.05, 3.63) is 30.2 Å². The molecule has 3 rings (SSSR count). The topological polar surface area (TPSA) is 68.0 Å². The summed E-state index contributed by atoms with van der Waals surface area (Å²) in [6.45, 7) is 7.73. The normalized spacial score (nSPS) is 17.9. The van der Waals surface area contributed by atoms with Crippen molar-refractivity contribution in [2.75, 3.05) is 11.9 Å². The number of carbonyl (C=O) groups is 1. The van der Waals surface area contributed by atoms with Gasteiger partial charge in [0.15, 0.2) is 0 Å². The van der Waals surface area contributed by atoms with Crippen molar-refractivity contribution >= 4 is 11.8 Å². The number of piperidine rings is 1. The summed E-state index contributed by atoms with van der Waals surface area (Å²) in [4.78, 5) is 14.9. The average Bonchev–Trinajstić information content (AvgIpc) is 3.22. The summed E-state index contributed by atoms with van der Waals surface area (Å²) in [5.41, 5.74) is 0.915. The van der Waals surface area contributed by atoms with Crippen LogP contribution in [0.15, 0.2) is 24.5 Å². The summed E-state index contributed by atoms with van der Waals surface area (Å²) >= 11 is 0. The monoisotopic (exact) mass is 344 g/mol. The molecule has 0 spiro atoms. The first-order chi connectivity index (χ1) is 12.0. The molecule has 1 aliphatic heterocycles. The highest BCUT2D eigenvalue weighted by Crippen LogP contribution is 2.23. The SMILES string of the molecule is Cc1cc(NC(=O)N2CCCCC2CCn2cccn2)n(C(C)C)n1. The molecule has 1 N–H and O–H groups in total. The lowest BCUT2D eigenvalue weighted by atomic mass is 10.00. The highest BCUT2D eigenvalue weighted by atomic mass is 16.2. The van der Waals surface area contributed by atoms with Gasteiger partial charge in [-0.3, -0.25) is 10.00 Å². The van der Waals surface area contributed by atoms with Crippen LogP contribution in [0.4, 0.5) is 10.6 Å². The lowest BCUT2D eigenvalue weighted by Gasteiger charge is -2.35. The molecule has 0 aromatic carbocycles. The van der Waals surface area contributed by atoms with Crippen LogP contribution in [0.5, 0.6) is 0 Å². The van der Waals surface area contributed by atoms with Gasteiger partial charge in [-0.05, 0) is 52.5 Å². The van der Waals surface area contributed by atoms with E-state index in [0.29, 0.717) is 0 Å². The first-order valence-corrected chi connectivity index (χ1v) is 9.16. The van der Waals surface area contributed by atoms with Crippen LogP contribution in [0, 0.1) is 6.92 Å². The average molecular weight is 344 g/mol. The maximum atomic E-state index is 12.9. The van der Waals surface area contributed by atoms with E-state index in [9.17, 15) is 4.79 Å². The minimum Gasteiger partial charge on any atom is -0.321 e. The number of rotatable bonds is 5. The van der Waals surface area contributed by atoms with E-state index >= 15 is 0 Å². The molecule has 2 amide bonds. The van der Waals surface area contributed by atoms with Crippen LogP contribution in [0.1, 0.15) is 51.3 Å². The van der Waals surface area contributed by atoms with Crippen molar-refractivity contribution in [2.45, 2.75) is 65.1 Å². The first kappa shape index (κ1) is 17.5. The fraction of sp³-hybridized carbons (Fsp3) is 0.611. The molecule has 2 aromatic rings. The van der Waals surface area contributed by atoms with Crippen molar-refractivity contribution in [1.82, 2.24) is 24.5 Å². The molecule has 3 heterocycles. The molecule has 1 aliphatic rings. The summed E-state index contributed by atoms with van der Waals surface area (Å²) in [5, 5.41) is 11.8. The minimum absolute atomic E-state index is 0.0213. The van der Waals surface area contributed by atoms with Crippen molar-refractivity contribution in [3.63, 3.8) is 0 Å². The van der Waals surface area contributed by atoms with Crippen molar-refractivity contribution in [1.29, 1.82) is 0 Å². The van der Waals surface area contributed by atoms with E-state index in [0.717, 1.165) is 43.9 Å². The lowest BCUT2D eigenvalue weighted by Crippen LogP contribution is -2.46. The fourth-order valence-electron chi connectivity index (χ4n) is 3.47. The van der Waals surface area contributed by atoms with Crippen molar-refractivity contribution in [2.24, 2.45) is 0 Å². The van der Waals surface area contributed by atoms with Gasteiger partial charge in [-0.15, -0.1) is 0 Å². The Bertz CT molecular complexity index is 690. The number of nitrogens with one attached hydrogen (secondary N) is 1. The highest BCUT2D eigenvalue weighted by Gasteiger charge is 2.27. The summed E-state index contributed by atoms with van der Waals surface area (Å²) < 4.78 is 3.80. The molecule has 1 unspecified atom stereocenters. The molecule has 136 valence electrons. The molecular formula is C18H28N6O. The quantitative estimate of drug-likeness (QED) is 0.903. The number of hydrogen-bond acceptors (Lipinski definition) is 3. The molecule has 2 aromatic heterocycles. The number of urea groups is 1. The third-order valence-electron chi connectivity index (χ3n) is 4.72. The molecule has 0 radical (unpaired) electrons. The summed E-state index contributed by atoms with van der Waals surface area (Å²) in [5.74, 6) is 0.772. The second kappa shape index (κ2) is 7.72. The van der Waals surface area contributed by atoms with E-state index in [-0.39, 0.29) is 18.1 Å². The summed E-state index contributed by atoms with van der Waals surface area (Å²) in [7, 11) is 0. The number of aromatic nitrogens is 4. The highest BCUT2D eigenvalue weighted by molar-refractivity contribution is 5.88. The van der Waals surface area contributed by atoms with Crippen LogP contribution in [-0.2, 0) is 6.54 Å². The van der Waals surface area contributed by atoms with Gasteiger partial charge < -0.3 is 4.90 Å². The number of likely N-dealkylation sites (tertiary alicyclic amines) is 1. The molecule has 1 fully saturated rings. The van der Waals surface area contributed by atoms with Crippen LogP contribution in [0.25, 0.3) is 0 Å². The third-order valence-corrected chi connectivity index (χ3v) is 4.72. The zero-order valence-electron chi connectivity index (χ0n) is 15.4. The van der Waals surface area contributed by atoms with Gasteiger partial charge in [0.2, 0.25) is 0 Å². The molecular weight excluding hydrogens is 316 g/mol. The molecule has 0 saturated carbocycles. The van der Waals surface area contributed by atoms with E-state index in [4.69, 9.17) is 0 Å². The zero-order valence-corrected chi connectivity index (χ0v) is 15.4. The molecule has 0 aliphatic carbocycles. The van der Waals surface area contributed by atoms with Crippen LogP contribution in [-0.4, -0.2) is 43.1 Å². The number of carbonyl (C=O) groups excluding carboxylic acids is 1. The van der Waals surface area contributed by atoms with Gasteiger partial charge in [-0.2, -0.15) is 10.2 Å². The molecule has 25 heavy (non-hydrogen) atoms. The lowest BCUT2D eigenvalue weighted by molar-refractivity contribution is 0.154. The number of anilines is 1. The predicted molar refractivity (Wildman–Crippen MR) is 97.6 cm³/mol. The largest absolute Gasteiger partial charge is 0.323 e. The van der Waals surface area contributed by atoms with Gasteiger partial charge in [0.05, 0.1) is 5.69 Å². The molecule has 0 bridgehead atoms. The van der Waals surface area contributed by atoms with Gasteiger partial charge in [0, 0.05) is 43.6 Å². The van der Waals surface area contributed by atoms with Crippen molar-refractivity contribution < 1.29 is 4.79 Å². The van der Waals surface area contributed by atoms with Crippen LogP contribution >= 0.6 is 0 Å². The van der Waals surface area contributed by atoms with Crippen molar-refractivity contribution in [3.8, 4) is 0 Å². The smallest absolute Gasteiger partial charge is 0.321 e. The van der Waals surface area contributed by atoms with E-state index < -0.39 is 0 Å². The molecule has 7 heteroatoms. The van der Waals surface area contributed by atoms with Gasteiger partial charge in [0.1, 0.15) is 5.82 Å². The maximum absolute atomic E-state index is 12.9. The second-order valence-corrected chi connectivity index (χ2v) is 7.04. The Morgan fingerprint density at radius 3 is 2.96 bits per heavy atom. The van der Waals surface area contributed by atoms with Gasteiger partial charge in [0.25, 0.3) is 0 Å². The Hall–Kier alpha value is -2.31. The predicted octanol–water partition coefficient (Wildman–Crippen LogP) is 3.45. The Kier molecular flexibility index (Phi) is 5.40. The molecule has 1 saturated heterocycles. The Morgan fingerprint density at radius 1 is 1.40 bits per heavy atom. The third kappa shape index (κ3) is 4.21. The van der Waals surface area contributed by atoms with Gasteiger partial charge in [-0.1, -0.05) is 0 Å². The zero-order chi connectivity index (χ0) is 17.8. The van der Waals surface area contributed by atoms with Gasteiger partial charge >= 0.3 is 6.03 Å². The fourth-order valence-corrected chi connectivity index (χ4v) is 3.47. The summed E-state index contributed by atoms with van der Waals surface area (Å²) in [6.07, 6.45) is 7.98. The molecule has 7 nitrogen and oxygen atoms in total. The number of hydrogen-bond donors (Lipinski definition) is 1. The first-order valence-electron chi connectivity index (χ1n) is 9.16.